The van der Waals surface area contributed by atoms with Crippen LogP contribution < -0.4 is 10.4 Å². The van der Waals surface area contributed by atoms with E-state index in [4.69, 9.17) is 9.31 Å². The van der Waals surface area contributed by atoms with Gasteiger partial charge < -0.3 is 14.2 Å². The zero-order valence-electron chi connectivity index (χ0n) is 20.1. The Morgan fingerprint density at radius 1 is 1.09 bits per heavy atom. The van der Waals surface area contributed by atoms with E-state index in [1.807, 2.05) is 54.3 Å². The van der Waals surface area contributed by atoms with Gasteiger partial charge in [-0.05, 0) is 70.3 Å². The van der Waals surface area contributed by atoms with Crippen LogP contribution in [0.3, 0.4) is 0 Å². The minimum absolute atomic E-state index is 0.119. The predicted octanol–water partition coefficient (Wildman–Crippen LogP) is 4.77. The fourth-order valence-corrected chi connectivity index (χ4v) is 4.78. The van der Waals surface area contributed by atoms with Crippen molar-refractivity contribution in [2.75, 3.05) is 11.4 Å². The molecule has 2 fully saturated rings. The summed E-state index contributed by atoms with van der Waals surface area (Å²) in [6.07, 6.45) is 5.31. The van der Waals surface area contributed by atoms with Gasteiger partial charge in [0.15, 0.2) is 0 Å². The second-order valence-corrected chi connectivity index (χ2v) is 9.89. The van der Waals surface area contributed by atoms with E-state index in [0.717, 1.165) is 41.8 Å². The summed E-state index contributed by atoms with van der Waals surface area (Å²) in [4.78, 5) is 19.5. The van der Waals surface area contributed by atoms with E-state index in [-0.39, 0.29) is 30.1 Å². The van der Waals surface area contributed by atoms with Crippen LogP contribution >= 0.6 is 0 Å². The van der Waals surface area contributed by atoms with Gasteiger partial charge in [-0.3, -0.25) is 9.78 Å². The van der Waals surface area contributed by atoms with Crippen LogP contribution in [0.2, 0.25) is 0 Å². The van der Waals surface area contributed by atoms with Crippen molar-refractivity contribution in [2.45, 2.75) is 83.8 Å². The zero-order chi connectivity index (χ0) is 22.9. The third kappa shape index (κ3) is 4.35. The molecule has 5 nitrogen and oxygen atoms in total. The number of hydrogen-bond donors (Lipinski definition) is 0. The molecule has 2 unspecified atom stereocenters. The summed E-state index contributed by atoms with van der Waals surface area (Å²) in [7, 11) is -0.385. The lowest BCUT2D eigenvalue weighted by Crippen LogP contribution is -2.44. The molecule has 1 amide bonds. The summed E-state index contributed by atoms with van der Waals surface area (Å²) in [5.74, 6) is -0.0467. The van der Waals surface area contributed by atoms with Gasteiger partial charge >= 0.3 is 7.12 Å². The molecule has 1 aromatic heterocycles. The smallest absolute Gasteiger partial charge is 0.399 e. The molecule has 32 heavy (non-hydrogen) atoms. The maximum absolute atomic E-state index is 13.1. The van der Waals surface area contributed by atoms with Crippen LogP contribution in [0, 0.1) is 6.92 Å². The molecule has 2 saturated heterocycles. The van der Waals surface area contributed by atoms with Crippen molar-refractivity contribution >= 4 is 24.2 Å². The summed E-state index contributed by atoms with van der Waals surface area (Å²) in [6.45, 7) is 11.3. The van der Waals surface area contributed by atoms with Gasteiger partial charge in [0.1, 0.15) is 0 Å². The summed E-state index contributed by atoms with van der Waals surface area (Å²) in [6, 6.07) is 14.0. The molecule has 0 bridgehead atoms. The Labute approximate surface area is 192 Å². The Bertz CT molecular complexity index is 962. The van der Waals surface area contributed by atoms with E-state index >= 15 is 0 Å². The largest absolute Gasteiger partial charge is 0.494 e. The molecule has 2 aliphatic heterocycles. The molecule has 2 aliphatic rings. The second-order valence-electron chi connectivity index (χ2n) is 9.89. The van der Waals surface area contributed by atoms with E-state index in [9.17, 15) is 4.79 Å². The number of anilines is 1. The fourth-order valence-electron chi connectivity index (χ4n) is 4.78. The van der Waals surface area contributed by atoms with Crippen molar-refractivity contribution in [1.82, 2.24) is 4.98 Å². The van der Waals surface area contributed by atoms with Crippen molar-refractivity contribution in [3.05, 3.63) is 53.9 Å². The Hall–Kier alpha value is -2.18. The average Bonchev–Trinajstić information content (AvgIpc) is 3.25. The molecule has 0 aliphatic carbocycles. The predicted molar refractivity (Wildman–Crippen MR) is 129 cm³/mol. The van der Waals surface area contributed by atoms with Crippen molar-refractivity contribution in [3.8, 4) is 0 Å². The van der Waals surface area contributed by atoms with Crippen molar-refractivity contribution in [1.29, 1.82) is 0 Å². The van der Waals surface area contributed by atoms with Crippen molar-refractivity contribution in [2.24, 2.45) is 0 Å². The maximum Gasteiger partial charge on any atom is 0.494 e. The minimum Gasteiger partial charge on any atom is -0.399 e. The number of carbonyl (C=O) groups excluding carboxylic acids is 1. The van der Waals surface area contributed by atoms with E-state index < -0.39 is 0 Å². The first-order valence-corrected chi connectivity index (χ1v) is 11.9. The molecule has 6 heteroatoms. The Morgan fingerprint density at radius 2 is 1.84 bits per heavy atom. The number of hydrogen-bond acceptors (Lipinski definition) is 4. The van der Waals surface area contributed by atoms with E-state index in [1.165, 1.54) is 12.8 Å². The molecule has 0 saturated carbocycles. The maximum atomic E-state index is 13.1. The highest BCUT2D eigenvalue weighted by Crippen LogP contribution is 2.41. The summed E-state index contributed by atoms with van der Waals surface area (Å²) >= 11 is 0. The van der Waals surface area contributed by atoms with Crippen LogP contribution in [0.5, 0.6) is 0 Å². The van der Waals surface area contributed by atoms with E-state index in [1.54, 1.807) is 0 Å². The Kier molecular flexibility index (Phi) is 6.46. The number of carbonyl (C=O) groups is 1. The molecule has 1 aromatic carbocycles. The highest BCUT2D eigenvalue weighted by molar-refractivity contribution is 6.62. The molecular weight excluding hydrogens is 399 g/mol. The lowest BCUT2D eigenvalue weighted by atomic mass is 9.79. The van der Waals surface area contributed by atoms with E-state index in [0.29, 0.717) is 6.54 Å². The van der Waals surface area contributed by atoms with Crippen LogP contribution in [-0.2, 0) is 14.1 Å². The van der Waals surface area contributed by atoms with Gasteiger partial charge in [0.25, 0.3) is 0 Å². The van der Waals surface area contributed by atoms with Crippen LogP contribution in [0.1, 0.15) is 77.1 Å². The quantitative estimate of drug-likeness (QED) is 0.465. The SMILES string of the molecule is CCCCCC1(C)OB(c2ccc(N3CCC(c4cccc(C)n4)C3=O)cc2)OC1(C)C. The number of nitrogens with zero attached hydrogens (tertiary/aromatic N) is 2. The standard InChI is InChI=1S/C26H35BN2O3/c1-6-7-8-17-26(5)25(3,4)31-27(32-26)20-12-14-21(15-13-20)29-18-16-22(24(29)30)23-11-9-10-19(2)28-23/h9-15,22H,6-8,16-18H2,1-5H3. The van der Waals surface area contributed by atoms with Gasteiger partial charge in [-0.25, -0.2) is 0 Å². The highest BCUT2D eigenvalue weighted by Gasteiger charge is 2.54. The number of unbranched alkanes of at least 4 members (excludes halogenated alkanes) is 2. The molecule has 0 N–H and O–H groups in total. The van der Waals surface area contributed by atoms with Crippen LogP contribution in [0.15, 0.2) is 42.5 Å². The van der Waals surface area contributed by atoms with Crippen molar-refractivity contribution in [3.63, 3.8) is 0 Å². The number of amides is 1. The molecule has 0 radical (unpaired) electrons. The average molecular weight is 434 g/mol. The molecule has 0 spiro atoms. The summed E-state index contributed by atoms with van der Waals surface area (Å²) < 4.78 is 12.8. The number of pyridine rings is 1. The second kappa shape index (κ2) is 8.99. The molecule has 2 atom stereocenters. The topological polar surface area (TPSA) is 51.7 Å². The van der Waals surface area contributed by atoms with Crippen LogP contribution in [0.4, 0.5) is 5.69 Å². The fraction of sp³-hybridized carbons (Fsp3) is 0.538. The zero-order valence-corrected chi connectivity index (χ0v) is 20.1. The minimum atomic E-state index is -0.385. The van der Waals surface area contributed by atoms with Gasteiger partial charge in [0.05, 0.1) is 22.8 Å². The van der Waals surface area contributed by atoms with Gasteiger partial charge in [-0.2, -0.15) is 0 Å². The Balaban J connectivity index is 1.45. The van der Waals surface area contributed by atoms with Gasteiger partial charge in [-0.1, -0.05) is 44.4 Å². The number of aryl methyl sites for hydroxylation is 1. The molecule has 170 valence electrons. The van der Waals surface area contributed by atoms with Gasteiger partial charge in [0, 0.05) is 17.9 Å². The monoisotopic (exact) mass is 434 g/mol. The van der Waals surface area contributed by atoms with Gasteiger partial charge in [0.2, 0.25) is 5.91 Å². The van der Waals surface area contributed by atoms with Crippen LogP contribution in [0.25, 0.3) is 0 Å². The first-order chi connectivity index (χ1) is 15.2. The number of aromatic nitrogens is 1. The normalized spacial score (nSPS) is 25.0. The highest BCUT2D eigenvalue weighted by atomic mass is 16.7. The van der Waals surface area contributed by atoms with Crippen molar-refractivity contribution < 1.29 is 14.1 Å². The third-order valence-electron chi connectivity index (χ3n) is 7.25. The summed E-state index contributed by atoms with van der Waals surface area (Å²) in [5, 5.41) is 0. The first-order valence-electron chi connectivity index (χ1n) is 11.9. The van der Waals surface area contributed by atoms with Crippen LogP contribution in [-0.4, -0.2) is 35.8 Å². The molecular formula is C26H35BN2O3. The third-order valence-corrected chi connectivity index (χ3v) is 7.25. The first kappa shape index (κ1) is 23.0. The molecule has 4 rings (SSSR count). The molecule has 2 aromatic rings. The lowest BCUT2D eigenvalue weighted by Gasteiger charge is -2.36. The Morgan fingerprint density at radius 3 is 2.53 bits per heavy atom. The number of rotatable bonds is 7. The van der Waals surface area contributed by atoms with E-state index in [2.05, 4.69) is 32.7 Å². The molecule has 3 heterocycles. The lowest BCUT2D eigenvalue weighted by molar-refractivity contribution is -0.118. The summed E-state index contributed by atoms with van der Waals surface area (Å²) in [5.41, 5.74) is 3.04. The van der Waals surface area contributed by atoms with Gasteiger partial charge in [-0.15, -0.1) is 0 Å². The number of benzene rings is 1.